The highest BCUT2D eigenvalue weighted by Crippen LogP contribution is 2.40. The summed E-state index contributed by atoms with van der Waals surface area (Å²) in [7, 11) is 0. The van der Waals surface area contributed by atoms with Crippen LogP contribution in [0.5, 0.6) is 0 Å². The van der Waals surface area contributed by atoms with E-state index in [9.17, 15) is 9.59 Å². The molecule has 0 spiro atoms. The lowest BCUT2D eigenvalue weighted by molar-refractivity contribution is -0.145. The van der Waals surface area contributed by atoms with E-state index in [1.807, 2.05) is 17.0 Å². The Kier molecular flexibility index (Phi) is 4.97. The van der Waals surface area contributed by atoms with Crippen molar-refractivity contribution >= 4 is 11.8 Å². The van der Waals surface area contributed by atoms with Gasteiger partial charge < -0.3 is 10.2 Å². The third-order valence-electron chi connectivity index (χ3n) is 6.04. The topological polar surface area (TPSA) is 49.4 Å². The van der Waals surface area contributed by atoms with Gasteiger partial charge in [0.05, 0.1) is 0 Å². The summed E-state index contributed by atoms with van der Waals surface area (Å²) in [4.78, 5) is 27.3. The standard InChI is InChI=1S/C23H26N2O2/c26-21-20(13-7-15-24-21)22(27)25-16-8-14-23(17-25,18-9-3-1-4-10-18)19-11-5-2-6-12-19/h1-6,9-12,20H,7-8,13-17H2,(H,24,26). The quantitative estimate of drug-likeness (QED) is 0.853. The van der Waals surface area contributed by atoms with Gasteiger partial charge in [-0.2, -0.15) is 0 Å². The van der Waals surface area contributed by atoms with E-state index in [1.165, 1.54) is 11.1 Å². The summed E-state index contributed by atoms with van der Waals surface area (Å²) in [6, 6.07) is 21.0. The van der Waals surface area contributed by atoms with Gasteiger partial charge in [-0.25, -0.2) is 0 Å². The van der Waals surface area contributed by atoms with Crippen molar-refractivity contribution in [2.45, 2.75) is 31.1 Å². The predicted molar refractivity (Wildman–Crippen MR) is 105 cm³/mol. The van der Waals surface area contributed by atoms with Gasteiger partial charge in [-0.1, -0.05) is 60.7 Å². The molecule has 1 N–H and O–H groups in total. The van der Waals surface area contributed by atoms with Crippen LogP contribution in [-0.2, 0) is 15.0 Å². The van der Waals surface area contributed by atoms with E-state index in [1.54, 1.807) is 0 Å². The molecule has 4 rings (SSSR count). The minimum absolute atomic E-state index is 0.0110. The summed E-state index contributed by atoms with van der Waals surface area (Å²) in [5.74, 6) is -0.647. The Labute approximate surface area is 160 Å². The molecule has 4 heteroatoms. The molecule has 0 aliphatic carbocycles. The molecule has 2 heterocycles. The number of hydrogen-bond acceptors (Lipinski definition) is 2. The van der Waals surface area contributed by atoms with Crippen molar-refractivity contribution in [3.63, 3.8) is 0 Å². The Bertz CT molecular complexity index is 764. The van der Waals surface area contributed by atoms with E-state index in [4.69, 9.17) is 0 Å². The zero-order valence-electron chi connectivity index (χ0n) is 15.6. The highest BCUT2D eigenvalue weighted by molar-refractivity contribution is 6.00. The van der Waals surface area contributed by atoms with E-state index in [2.05, 4.69) is 53.8 Å². The number of likely N-dealkylation sites (tertiary alicyclic amines) is 1. The number of amides is 2. The van der Waals surface area contributed by atoms with Gasteiger partial charge in [0, 0.05) is 25.0 Å². The highest BCUT2D eigenvalue weighted by atomic mass is 16.2. The molecule has 2 aromatic rings. The van der Waals surface area contributed by atoms with Gasteiger partial charge in [0.25, 0.3) is 0 Å². The average molecular weight is 362 g/mol. The number of benzene rings is 2. The average Bonchev–Trinajstić information content (AvgIpc) is 2.75. The molecule has 2 fully saturated rings. The maximum absolute atomic E-state index is 13.2. The van der Waals surface area contributed by atoms with Crippen molar-refractivity contribution in [1.29, 1.82) is 0 Å². The first kappa shape index (κ1) is 17.8. The van der Waals surface area contributed by atoms with Gasteiger partial charge >= 0.3 is 0 Å². The van der Waals surface area contributed by atoms with Crippen LogP contribution in [0.2, 0.25) is 0 Å². The Morgan fingerprint density at radius 2 is 1.59 bits per heavy atom. The van der Waals surface area contributed by atoms with Crippen molar-refractivity contribution in [1.82, 2.24) is 10.2 Å². The molecule has 2 aromatic carbocycles. The third kappa shape index (κ3) is 3.36. The SMILES string of the molecule is O=C1NCCCC1C(=O)N1CCCC(c2ccccc2)(c2ccccc2)C1. The maximum Gasteiger partial charge on any atom is 0.235 e. The molecule has 4 nitrogen and oxygen atoms in total. The molecule has 0 aromatic heterocycles. The first-order valence-corrected chi connectivity index (χ1v) is 9.88. The number of nitrogens with one attached hydrogen (secondary N) is 1. The maximum atomic E-state index is 13.2. The molecular formula is C23H26N2O2. The van der Waals surface area contributed by atoms with Crippen LogP contribution in [0.3, 0.4) is 0 Å². The first-order valence-electron chi connectivity index (χ1n) is 9.88. The number of carbonyl (C=O) groups is 2. The summed E-state index contributed by atoms with van der Waals surface area (Å²) in [5, 5.41) is 2.85. The fourth-order valence-electron chi connectivity index (χ4n) is 4.62. The lowest BCUT2D eigenvalue weighted by Gasteiger charge is -2.45. The summed E-state index contributed by atoms with van der Waals surface area (Å²) >= 11 is 0. The van der Waals surface area contributed by atoms with Crippen molar-refractivity contribution in [2.75, 3.05) is 19.6 Å². The smallest absolute Gasteiger partial charge is 0.235 e. The molecular weight excluding hydrogens is 336 g/mol. The zero-order valence-corrected chi connectivity index (χ0v) is 15.6. The molecule has 0 saturated carbocycles. The Balaban J connectivity index is 1.68. The van der Waals surface area contributed by atoms with Crippen molar-refractivity contribution in [2.24, 2.45) is 5.92 Å². The Hall–Kier alpha value is -2.62. The van der Waals surface area contributed by atoms with Crippen LogP contribution < -0.4 is 5.32 Å². The minimum atomic E-state index is -0.527. The van der Waals surface area contributed by atoms with Crippen LogP contribution in [0.15, 0.2) is 60.7 Å². The molecule has 2 amide bonds. The van der Waals surface area contributed by atoms with Crippen molar-refractivity contribution in [3.8, 4) is 0 Å². The van der Waals surface area contributed by atoms with Gasteiger partial charge in [-0.3, -0.25) is 9.59 Å². The van der Waals surface area contributed by atoms with E-state index in [-0.39, 0.29) is 17.2 Å². The fourth-order valence-corrected chi connectivity index (χ4v) is 4.62. The van der Waals surface area contributed by atoms with Gasteiger partial charge in [-0.15, -0.1) is 0 Å². The zero-order chi connectivity index (χ0) is 18.7. The number of hydrogen-bond donors (Lipinski definition) is 1. The Morgan fingerprint density at radius 1 is 0.963 bits per heavy atom. The second-order valence-electron chi connectivity index (χ2n) is 7.66. The monoisotopic (exact) mass is 362 g/mol. The summed E-state index contributed by atoms with van der Waals surface area (Å²) in [5.41, 5.74) is 2.25. The van der Waals surface area contributed by atoms with Crippen molar-refractivity contribution in [3.05, 3.63) is 71.8 Å². The molecule has 0 bridgehead atoms. The third-order valence-corrected chi connectivity index (χ3v) is 6.04. The molecule has 2 aliphatic heterocycles. The molecule has 1 unspecified atom stereocenters. The Morgan fingerprint density at radius 3 is 2.19 bits per heavy atom. The van der Waals surface area contributed by atoms with Gasteiger partial charge in [0.1, 0.15) is 5.92 Å². The van der Waals surface area contributed by atoms with Gasteiger partial charge in [0.15, 0.2) is 0 Å². The van der Waals surface area contributed by atoms with Crippen molar-refractivity contribution < 1.29 is 9.59 Å². The second-order valence-corrected chi connectivity index (χ2v) is 7.66. The highest BCUT2D eigenvalue weighted by Gasteiger charge is 2.42. The molecule has 140 valence electrons. The van der Waals surface area contributed by atoms with Crippen LogP contribution in [0.1, 0.15) is 36.8 Å². The van der Waals surface area contributed by atoms with Gasteiger partial charge in [0.2, 0.25) is 11.8 Å². The lowest BCUT2D eigenvalue weighted by atomic mass is 9.69. The fraction of sp³-hybridized carbons (Fsp3) is 0.391. The molecule has 27 heavy (non-hydrogen) atoms. The van der Waals surface area contributed by atoms with E-state index < -0.39 is 5.92 Å². The number of piperidine rings is 2. The molecule has 0 radical (unpaired) electrons. The van der Waals surface area contributed by atoms with Crippen LogP contribution >= 0.6 is 0 Å². The van der Waals surface area contributed by atoms with Crippen LogP contribution in [0, 0.1) is 5.92 Å². The number of rotatable bonds is 3. The number of carbonyl (C=O) groups excluding carboxylic acids is 2. The number of nitrogens with zero attached hydrogens (tertiary/aromatic N) is 1. The second kappa shape index (κ2) is 7.55. The van der Waals surface area contributed by atoms with E-state index in [0.717, 1.165) is 25.8 Å². The van der Waals surface area contributed by atoms with Crippen LogP contribution in [0.4, 0.5) is 0 Å². The summed E-state index contributed by atoms with van der Waals surface area (Å²) in [6.07, 6.45) is 3.47. The summed E-state index contributed by atoms with van der Waals surface area (Å²) < 4.78 is 0. The van der Waals surface area contributed by atoms with Crippen LogP contribution in [-0.4, -0.2) is 36.3 Å². The molecule has 1 atom stereocenters. The normalized spacial score (nSPS) is 22.1. The lowest BCUT2D eigenvalue weighted by Crippen LogP contribution is -2.53. The minimum Gasteiger partial charge on any atom is -0.355 e. The van der Waals surface area contributed by atoms with Gasteiger partial charge in [-0.05, 0) is 36.8 Å². The van der Waals surface area contributed by atoms with Crippen LogP contribution in [0.25, 0.3) is 0 Å². The van der Waals surface area contributed by atoms with E-state index in [0.29, 0.717) is 19.5 Å². The summed E-state index contributed by atoms with van der Waals surface area (Å²) in [6.45, 7) is 2.04. The molecule has 2 saturated heterocycles. The largest absolute Gasteiger partial charge is 0.355 e. The first-order chi connectivity index (χ1) is 13.2. The van der Waals surface area contributed by atoms with E-state index >= 15 is 0 Å². The molecule has 2 aliphatic rings. The predicted octanol–water partition coefficient (Wildman–Crippen LogP) is 3.12.